The molecule has 1 saturated carbocycles. The molecule has 0 spiro atoms. The molecule has 24 heavy (non-hydrogen) atoms. The number of aromatic nitrogens is 2. The molecule has 0 bridgehead atoms. The number of piperazine rings is 1. The smallest absolute Gasteiger partial charge is 0.227 e. The summed E-state index contributed by atoms with van der Waals surface area (Å²) < 4.78 is 2.00. The molecule has 126 valence electrons. The fraction of sp³-hybridized carbons (Fsp3) is 0.444. The van der Waals surface area contributed by atoms with Crippen molar-refractivity contribution in [1.82, 2.24) is 19.8 Å². The first-order valence-electron chi connectivity index (χ1n) is 8.39. The van der Waals surface area contributed by atoms with Crippen LogP contribution in [0.25, 0.3) is 0 Å². The summed E-state index contributed by atoms with van der Waals surface area (Å²) in [5.74, 6) is 1.56. The minimum Gasteiger partial charge on any atom is -0.336 e. The number of nitrogens with zero attached hydrogens (tertiary/aromatic N) is 3. The molecule has 4 rings (SSSR count). The highest BCUT2D eigenvalue weighted by Crippen LogP contribution is 2.49. The van der Waals surface area contributed by atoms with Crippen molar-refractivity contribution >= 4 is 17.5 Å². The summed E-state index contributed by atoms with van der Waals surface area (Å²) in [6.45, 7) is 2.32. The minimum atomic E-state index is 0.00635. The Hall–Kier alpha value is -1.85. The van der Waals surface area contributed by atoms with Crippen LogP contribution in [-0.2, 0) is 11.8 Å². The molecule has 1 aromatic carbocycles. The van der Waals surface area contributed by atoms with Gasteiger partial charge in [-0.2, -0.15) is 0 Å². The maximum Gasteiger partial charge on any atom is 0.227 e. The third-order valence-electron chi connectivity index (χ3n) is 5.07. The monoisotopic (exact) mass is 344 g/mol. The molecular weight excluding hydrogens is 324 g/mol. The third-order valence-corrected chi connectivity index (χ3v) is 5.30. The number of benzene rings is 1. The summed E-state index contributed by atoms with van der Waals surface area (Å²) >= 11 is 6.09. The number of amides is 1. The fourth-order valence-electron chi connectivity index (χ4n) is 3.68. The number of hydrogen-bond donors (Lipinski definition) is 1. The second-order valence-electron chi connectivity index (χ2n) is 6.65. The molecule has 2 heterocycles. The topological polar surface area (TPSA) is 50.2 Å². The van der Waals surface area contributed by atoms with Crippen molar-refractivity contribution in [2.24, 2.45) is 13.0 Å². The standard InChI is InChI=1S/C18H21ClN4O/c1-22-7-6-21-17(22)16-11-20-5-8-23(16)18(24)15-10-14(15)12-3-2-4-13(19)9-12/h2-4,6-7,9,14-16,20H,5,8,10-11H2,1H3. The highest BCUT2D eigenvalue weighted by Gasteiger charge is 2.47. The Labute approximate surface area is 146 Å². The van der Waals surface area contributed by atoms with Crippen LogP contribution in [0.2, 0.25) is 5.02 Å². The van der Waals surface area contributed by atoms with E-state index in [2.05, 4.69) is 16.4 Å². The number of imidazole rings is 1. The number of nitrogens with one attached hydrogen (secondary N) is 1. The molecule has 1 aliphatic carbocycles. The van der Waals surface area contributed by atoms with Gasteiger partial charge < -0.3 is 14.8 Å². The van der Waals surface area contributed by atoms with Crippen LogP contribution in [0.5, 0.6) is 0 Å². The van der Waals surface area contributed by atoms with Gasteiger partial charge in [-0.1, -0.05) is 23.7 Å². The van der Waals surface area contributed by atoms with Crippen LogP contribution in [0.3, 0.4) is 0 Å². The summed E-state index contributed by atoms with van der Waals surface area (Å²) in [5, 5.41) is 4.12. The molecule has 6 heteroatoms. The maximum atomic E-state index is 13.1. The zero-order chi connectivity index (χ0) is 16.7. The molecule has 2 fully saturated rings. The summed E-state index contributed by atoms with van der Waals surface area (Å²) in [6.07, 6.45) is 4.63. The van der Waals surface area contributed by atoms with Crippen molar-refractivity contribution < 1.29 is 4.79 Å². The van der Waals surface area contributed by atoms with E-state index in [1.807, 2.05) is 40.9 Å². The van der Waals surface area contributed by atoms with Crippen LogP contribution in [0.15, 0.2) is 36.7 Å². The van der Waals surface area contributed by atoms with Crippen molar-refractivity contribution in [2.75, 3.05) is 19.6 Å². The molecule has 1 N–H and O–H groups in total. The molecule has 1 aliphatic heterocycles. The number of carbonyl (C=O) groups is 1. The second kappa shape index (κ2) is 6.22. The number of hydrogen-bond acceptors (Lipinski definition) is 3. The minimum absolute atomic E-state index is 0.00635. The van der Waals surface area contributed by atoms with Crippen LogP contribution in [0, 0.1) is 5.92 Å². The van der Waals surface area contributed by atoms with Gasteiger partial charge >= 0.3 is 0 Å². The van der Waals surface area contributed by atoms with Crippen molar-refractivity contribution in [3.8, 4) is 0 Å². The van der Waals surface area contributed by atoms with Gasteiger partial charge in [-0.25, -0.2) is 4.98 Å². The Morgan fingerprint density at radius 3 is 3.04 bits per heavy atom. The van der Waals surface area contributed by atoms with Gasteiger partial charge in [0.15, 0.2) is 0 Å². The van der Waals surface area contributed by atoms with Gasteiger partial charge in [0, 0.05) is 50.0 Å². The molecule has 3 atom stereocenters. The van der Waals surface area contributed by atoms with E-state index < -0.39 is 0 Å². The molecule has 1 amide bonds. The first-order chi connectivity index (χ1) is 11.6. The lowest BCUT2D eigenvalue weighted by molar-refractivity contribution is -0.136. The third kappa shape index (κ3) is 2.82. The Morgan fingerprint density at radius 1 is 1.42 bits per heavy atom. The molecule has 5 nitrogen and oxygen atoms in total. The molecule has 1 saturated heterocycles. The highest BCUT2D eigenvalue weighted by molar-refractivity contribution is 6.30. The van der Waals surface area contributed by atoms with Gasteiger partial charge in [-0.3, -0.25) is 4.79 Å². The number of halogens is 1. The summed E-state index contributed by atoms with van der Waals surface area (Å²) in [5.41, 5.74) is 1.17. The van der Waals surface area contributed by atoms with Crippen LogP contribution in [-0.4, -0.2) is 40.0 Å². The summed E-state index contributed by atoms with van der Waals surface area (Å²) in [6, 6.07) is 7.88. The quantitative estimate of drug-likeness (QED) is 0.930. The van der Waals surface area contributed by atoms with Crippen LogP contribution < -0.4 is 5.32 Å². The van der Waals surface area contributed by atoms with Gasteiger partial charge in [0.2, 0.25) is 5.91 Å². The predicted octanol–water partition coefficient (Wildman–Crippen LogP) is 2.35. The Bertz CT molecular complexity index is 759. The number of aryl methyl sites for hydroxylation is 1. The van der Waals surface area contributed by atoms with E-state index >= 15 is 0 Å². The summed E-state index contributed by atoms with van der Waals surface area (Å²) in [7, 11) is 1.98. The Morgan fingerprint density at radius 2 is 2.29 bits per heavy atom. The van der Waals surface area contributed by atoms with Crippen molar-refractivity contribution in [3.63, 3.8) is 0 Å². The lowest BCUT2D eigenvalue weighted by Crippen LogP contribution is -2.50. The molecular formula is C18H21ClN4O. The van der Waals surface area contributed by atoms with E-state index in [0.717, 1.165) is 36.9 Å². The number of carbonyl (C=O) groups excluding carboxylic acids is 1. The zero-order valence-electron chi connectivity index (χ0n) is 13.7. The lowest BCUT2D eigenvalue weighted by Gasteiger charge is -2.36. The summed E-state index contributed by atoms with van der Waals surface area (Å²) in [4.78, 5) is 19.5. The molecule has 3 unspecified atom stereocenters. The van der Waals surface area contributed by atoms with Gasteiger partial charge in [0.1, 0.15) is 11.9 Å². The largest absolute Gasteiger partial charge is 0.336 e. The normalized spacial score (nSPS) is 26.4. The molecule has 1 aromatic heterocycles. The van der Waals surface area contributed by atoms with Gasteiger partial charge in [-0.15, -0.1) is 0 Å². The molecule has 2 aromatic rings. The van der Waals surface area contributed by atoms with Crippen molar-refractivity contribution in [2.45, 2.75) is 18.4 Å². The Balaban J connectivity index is 1.52. The van der Waals surface area contributed by atoms with Gasteiger partial charge in [0.25, 0.3) is 0 Å². The van der Waals surface area contributed by atoms with E-state index in [1.165, 1.54) is 5.56 Å². The van der Waals surface area contributed by atoms with E-state index in [9.17, 15) is 4.79 Å². The van der Waals surface area contributed by atoms with Gasteiger partial charge in [-0.05, 0) is 30.0 Å². The van der Waals surface area contributed by atoms with Crippen LogP contribution in [0.4, 0.5) is 0 Å². The molecule has 2 aliphatic rings. The average Bonchev–Trinajstić information content (AvgIpc) is 3.29. The predicted molar refractivity (Wildman–Crippen MR) is 92.8 cm³/mol. The first kappa shape index (κ1) is 15.7. The Kier molecular flexibility index (Phi) is 4.06. The van der Waals surface area contributed by atoms with Crippen LogP contribution >= 0.6 is 11.6 Å². The fourth-order valence-corrected chi connectivity index (χ4v) is 3.88. The van der Waals surface area contributed by atoms with Crippen molar-refractivity contribution in [3.05, 3.63) is 53.1 Å². The average molecular weight is 345 g/mol. The van der Waals surface area contributed by atoms with E-state index in [1.54, 1.807) is 6.20 Å². The van der Waals surface area contributed by atoms with Gasteiger partial charge in [0.05, 0.1) is 0 Å². The van der Waals surface area contributed by atoms with E-state index in [-0.39, 0.29) is 17.9 Å². The SMILES string of the molecule is Cn1ccnc1C1CNCCN1C(=O)C1CC1c1cccc(Cl)c1. The van der Waals surface area contributed by atoms with Crippen LogP contribution in [0.1, 0.15) is 29.8 Å². The first-order valence-corrected chi connectivity index (χ1v) is 8.77. The zero-order valence-corrected chi connectivity index (χ0v) is 14.4. The highest BCUT2D eigenvalue weighted by atomic mass is 35.5. The molecule has 0 radical (unpaired) electrons. The van der Waals surface area contributed by atoms with E-state index in [4.69, 9.17) is 11.6 Å². The van der Waals surface area contributed by atoms with Crippen molar-refractivity contribution in [1.29, 1.82) is 0 Å². The maximum absolute atomic E-state index is 13.1. The number of rotatable bonds is 3. The lowest BCUT2D eigenvalue weighted by atomic mass is 10.1. The van der Waals surface area contributed by atoms with E-state index in [0.29, 0.717) is 5.92 Å². The second-order valence-corrected chi connectivity index (χ2v) is 7.09.